The molecule has 0 aliphatic rings. The fourth-order valence-corrected chi connectivity index (χ4v) is 2.28. The highest BCUT2D eigenvalue weighted by Crippen LogP contribution is 2.23. The first-order valence-corrected chi connectivity index (χ1v) is 7.28. The molecule has 0 unspecified atom stereocenters. The Balaban J connectivity index is 2.24. The van der Waals surface area contributed by atoms with Crippen LogP contribution >= 0.6 is 15.9 Å². The van der Waals surface area contributed by atoms with Gasteiger partial charge in [0.05, 0.1) is 0 Å². The Bertz CT molecular complexity index is 276. The summed E-state index contributed by atoms with van der Waals surface area (Å²) in [6.07, 6.45) is 8.23. The van der Waals surface area contributed by atoms with Gasteiger partial charge in [0, 0.05) is 4.47 Å². The van der Waals surface area contributed by atoms with E-state index in [0.29, 0.717) is 5.92 Å². The van der Waals surface area contributed by atoms with Gasteiger partial charge < -0.3 is 0 Å². The second-order valence-electron chi connectivity index (χ2n) is 4.66. The molecule has 90 valence electrons. The Morgan fingerprint density at radius 1 is 1.00 bits per heavy atom. The maximum Gasteiger partial charge on any atom is 0.0175 e. The average molecular weight is 283 g/mol. The number of unbranched alkanes of at least 4 members (excludes halogenated alkanes) is 4. The van der Waals surface area contributed by atoms with Crippen LogP contribution in [0.15, 0.2) is 28.7 Å². The predicted molar refractivity (Wildman–Crippen MR) is 75.9 cm³/mol. The van der Waals surface area contributed by atoms with Gasteiger partial charge in [0.25, 0.3) is 0 Å². The van der Waals surface area contributed by atoms with E-state index in [2.05, 4.69) is 54.0 Å². The molecule has 0 bridgehead atoms. The van der Waals surface area contributed by atoms with Crippen molar-refractivity contribution in [1.29, 1.82) is 0 Å². The van der Waals surface area contributed by atoms with Crippen molar-refractivity contribution in [3.05, 3.63) is 34.3 Å². The van der Waals surface area contributed by atoms with Gasteiger partial charge in [-0.2, -0.15) is 0 Å². The molecule has 0 amide bonds. The van der Waals surface area contributed by atoms with Crippen LogP contribution in [0, 0.1) is 0 Å². The lowest BCUT2D eigenvalue weighted by atomic mass is 9.95. The van der Waals surface area contributed by atoms with E-state index in [1.165, 1.54) is 48.6 Å². The summed E-state index contributed by atoms with van der Waals surface area (Å²) < 4.78 is 1.17. The maximum atomic E-state index is 3.48. The normalized spacial score (nSPS) is 12.7. The van der Waals surface area contributed by atoms with E-state index in [1.54, 1.807) is 0 Å². The maximum absolute atomic E-state index is 3.48. The molecule has 0 aliphatic heterocycles. The molecule has 0 aromatic heterocycles. The molecule has 0 N–H and O–H groups in total. The van der Waals surface area contributed by atoms with Gasteiger partial charge in [-0.1, -0.05) is 74.0 Å². The van der Waals surface area contributed by atoms with Crippen molar-refractivity contribution in [2.24, 2.45) is 0 Å². The zero-order valence-electron chi connectivity index (χ0n) is 10.5. The summed E-state index contributed by atoms with van der Waals surface area (Å²) in [6.45, 7) is 4.60. The molecule has 1 aromatic rings. The van der Waals surface area contributed by atoms with Crippen LogP contribution in [0.4, 0.5) is 0 Å². The van der Waals surface area contributed by atoms with E-state index in [9.17, 15) is 0 Å². The highest BCUT2D eigenvalue weighted by molar-refractivity contribution is 9.10. The van der Waals surface area contributed by atoms with Crippen molar-refractivity contribution in [2.45, 2.75) is 58.3 Å². The van der Waals surface area contributed by atoms with Gasteiger partial charge in [-0.3, -0.25) is 0 Å². The molecular weight excluding hydrogens is 260 g/mol. The van der Waals surface area contributed by atoms with Crippen LogP contribution in [0.25, 0.3) is 0 Å². The third kappa shape index (κ3) is 5.16. The topological polar surface area (TPSA) is 0 Å². The standard InChI is InChI=1S/C15H23Br/c1-3-4-5-6-7-8-13(2)14-9-11-15(16)12-10-14/h9-13H,3-8H2,1-2H3/t13-/m1/s1. The summed E-state index contributed by atoms with van der Waals surface area (Å²) in [5, 5.41) is 0. The molecule has 0 aliphatic carbocycles. The van der Waals surface area contributed by atoms with Crippen molar-refractivity contribution < 1.29 is 0 Å². The molecular formula is C15H23Br. The second kappa shape index (κ2) is 7.89. The first-order chi connectivity index (χ1) is 7.74. The van der Waals surface area contributed by atoms with Gasteiger partial charge in [0.15, 0.2) is 0 Å². The smallest absolute Gasteiger partial charge is 0.0175 e. The molecule has 0 spiro atoms. The molecule has 0 heterocycles. The molecule has 0 saturated heterocycles. The zero-order valence-corrected chi connectivity index (χ0v) is 12.1. The van der Waals surface area contributed by atoms with Crippen molar-refractivity contribution in [2.75, 3.05) is 0 Å². The molecule has 0 radical (unpaired) electrons. The van der Waals surface area contributed by atoms with E-state index in [0.717, 1.165) is 0 Å². The van der Waals surface area contributed by atoms with Crippen molar-refractivity contribution in [3.63, 3.8) is 0 Å². The summed E-state index contributed by atoms with van der Waals surface area (Å²) in [5.41, 5.74) is 1.47. The third-order valence-corrected chi connectivity index (χ3v) is 3.71. The summed E-state index contributed by atoms with van der Waals surface area (Å²) in [4.78, 5) is 0. The predicted octanol–water partition coefficient (Wildman–Crippen LogP) is 5.91. The van der Waals surface area contributed by atoms with Crippen molar-refractivity contribution in [1.82, 2.24) is 0 Å². The summed E-state index contributed by atoms with van der Waals surface area (Å²) >= 11 is 3.48. The van der Waals surface area contributed by atoms with Crippen LogP contribution in [-0.4, -0.2) is 0 Å². The lowest BCUT2D eigenvalue weighted by Crippen LogP contribution is -1.93. The van der Waals surface area contributed by atoms with Crippen LogP contribution in [0.2, 0.25) is 0 Å². The van der Waals surface area contributed by atoms with Crippen molar-refractivity contribution in [3.8, 4) is 0 Å². The van der Waals surface area contributed by atoms with Crippen LogP contribution in [0.3, 0.4) is 0 Å². The Hall–Kier alpha value is -0.300. The Morgan fingerprint density at radius 2 is 1.62 bits per heavy atom. The fraction of sp³-hybridized carbons (Fsp3) is 0.600. The zero-order chi connectivity index (χ0) is 11.8. The van der Waals surface area contributed by atoms with E-state index in [4.69, 9.17) is 0 Å². The molecule has 0 nitrogen and oxygen atoms in total. The monoisotopic (exact) mass is 282 g/mol. The highest BCUT2D eigenvalue weighted by atomic mass is 79.9. The minimum Gasteiger partial charge on any atom is -0.0654 e. The van der Waals surface area contributed by atoms with E-state index in [-0.39, 0.29) is 0 Å². The van der Waals surface area contributed by atoms with Crippen LogP contribution in [-0.2, 0) is 0 Å². The number of hydrogen-bond acceptors (Lipinski definition) is 0. The van der Waals surface area contributed by atoms with Gasteiger partial charge in [-0.25, -0.2) is 0 Å². The van der Waals surface area contributed by atoms with Gasteiger partial charge in [-0.05, 0) is 30.0 Å². The SMILES string of the molecule is CCCCCCC[C@@H](C)c1ccc(Br)cc1. The van der Waals surface area contributed by atoms with Gasteiger partial charge in [0.2, 0.25) is 0 Å². The van der Waals surface area contributed by atoms with Gasteiger partial charge >= 0.3 is 0 Å². The van der Waals surface area contributed by atoms with E-state index < -0.39 is 0 Å². The second-order valence-corrected chi connectivity index (χ2v) is 5.57. The van der Waals surface area contributed by atoms with Crippen LogP contribution in [0.5, 0.6) is 0 Å². The first-order valence-electron chi connectivity index (χ1n) is 6.49. The number of benzene rings is 1. The Kier molecular flexibility index (Phi) is 6.79. The minimum atomic E-state index is 0.703. The number of hydrogen-bond donors (Lipinski definition) is 0. The quantitative estimate of drug-likeness (QED) is 0.545. The van der Waals surface area contributed by atoms with Gasteiger partial charge in [0.1, 0.15) is 0 Å². The molecule has 1 aromatic carbocycles. The van der Waals surface area contributed by atoms with E-state index >= 15 is 0 Å². The summed E-state index contributed by atoms with van der Waals surface area (Å²) in [5.74, 6) is 0.703. The summed E-state index contributed by atoms with van der Waals surface area (Å²) in [6, 6.07) is 8.76. The molecule has 1 rings (SSSR count). The Morgan fingerprint density at radius 3 is 2.25 bits per heavy atom. The molecule has 1 atom stereocenters. The highest BCUT2D eigenvalue weighted by Gasteiger charge is 2.04. The van der Waals surface area contributed by atoms with Gasteiger partial charge in [-0.15, -0.1) is 0 Å². The summed E-state index contributed by atoms with van der Waals surface area (Å²) in [7, 11) is 0. The fourth-order valence-electron chi connectivity index (χ4n) is 2.01. The lowest BCUT2D eigenvalue weighted by molar-refractivity contribution is 0.567. The molecule has 0 saturated carbocycles. The first kappa shape index (κ1) is 13.8. The minimum absolute atomic E-state index is 0.703. The van der Waals surface area contributed by atoms with Crippen LogP contribution < -0.4 is 0 Å². The number of halogens is 1. The molecule has 16 heavy (non-hydrogen) atoms. The number of rotatable bonds is 7. The molecule has 1 heteroatoms. The van der Waals surface area contributed by atoms with Crippen LogP contribution in [0.1, 0.15) is 63.9 Å². The Labute approximate surface area is 109 Å². The van der Waals surface area contributed by atoms with E-state index in [1.807, 2.05) is 0 Å². The third-order valence-electron chi connectivity index (χ3n) is 3.18. The van der Waals surface area contributed by atoms with Crippen molar-refractivity contribution >= 4 is 15.9 Å². The molecule has 0 fully saturated rings. The average Bonchev–Trinajstić information content (AvgIpc) is 2.29. The largest absolute Gasteiger partial charge is 0.0654 e. The lowest BCUT2D eigenvalue weighted by Gasteiger charge is -2.11.